The van der Waals surface area contributed by atoms with E-state index in [1.54, 1.807) is 42.3 Å². The normalized spacial score (nSPS) is 13.9. The third kappa shape index (κ3) is 3.22. The summed E-state index contributed by atoms with van der Waals surface area (Å²) in [5, 5.41) is 12.7. The zero-order valence-corrected chi connectivity index (χ0v) is 16.8. The van der Waals surface area contributed by atoms with E-state index in [4.69, 9.17) is 9.15 Å². The molecule has 28 heavy (non-hydrogen) atoms. The molecule has 0 bridgehead atoms. The Balaban J connectivity index is 1.48. The molecule has 1 aromatic carbocycles. The first kappa shape index (κ1) is 17.5. The van der Waals surface area contributed by atoms with Crippen molar-refractivity contribution in [2.24, 2.45) is 0 Å². The number of fused-ring (bicyclic) bond motifs is 1. The van der Waals surface area contributed by atoms with E-state index in [0.717, 1.165) is 39.6 Å². The second-order valence-corrected chi connectivity index (χ2v) is 8.52. The van der Waals surface area contributed by atoms with Gasteiger partial charge in [-0.15, -0.1) is 21.5 Å². The van der Waals surface area contributed by atoms with Gasteiger partial charge in [-0.1, -0.05) is 17.8 Å². The quantitative estimate of drug-likeness (QED) is 0.337. The smallest absolute Gasteiger partial charge is 0.336 e. The highest BCUT2D eigenvalue weighted by atomic mass is 32.2. The fraction of sp³-hybridized carbons (Fsp3) is 0.250. The van der Waals surface area contributed by atoms with Crippen LogP contribution in [-0.2, 0) is 5.75 Å². The Bertz CT molecular complexity index is 1190. The molecule has 4 aromatic rings. The lowest BCUT2D eigenvalue weighted by Crippen LogP contribution is -2.02. The summed E-state index contributed by atoms with van der Waals surface area (Å²) in [7, 11) is 1.59. The fourth-order valence-electron chi connectivity index (χ4n) is 3.21. The molecule has 0 radical (unpaired) electrons. The van der Waals surface area contributed by atoms with Gasteiger partial charge >= 0.3 is 5.63 Å². The Hall–Kier alpha value is -2.58. The molecule has 5 rings (SSSR count). The number of benzene rings is 1. The maximum Gasteiger partial charge on any atom is 0.336 e. The second-order valence-electron chi connectivity index (χ2n) is 6.63. The van der Waals surface area contributed by atoms with Gasteiger partial charge in [0, 0.05) is 29.3 Å². The van der Waals surface area contributed by atoms with Crippen molar-refractivity contribution in [2.75, 3.05) is 7.11 Å². The number of ether oxygens (including phenoxy) is 1. The molecule has 1 fully saturated rings. The highest BCUT2D eigenvalue weighted by molar-refractivity contribution is 7.98. The third-order valence-corrected chi connectivity index (χ3v) is 6.57. The van der Waals surface area contributed by atoms with Crippen LogP contribution < -0.4 is 10.4 Å². The van der Waals surface area contributed by atoms with Crippen molar-refractivity contribution in [3.63, 3.8) is 0 Å². The molecule has 0 atom stereocenters. The van der Waals surface area contributed by atoms with Gasteiger partial charge in [0.25, 0.3) is 0 Å². The highest BCUT2D eigenvalue weighted by Crippen LogP contribution is 2.42. The van der Waals surface area contributed by atoms with Crippen molar-refractivity contribution in [3.8, 4) is 16.5 Å². The Morgan fingerprint density at radius 2 is 2.18 bits per heavy atom. The average molecular weight is 412 g/mol. The van der Waals surface area contributed by atoms with Crippen LogP contribution in [0.4, 0.5) is 0 Å². The molecule has 1 aliphatic carbocycles. The van der Waals surface area contributed by atoms with Crippen LogP contribution in [0.5, 0.6) is 5.75 Å². The van der Waals surface area contributed by atoms with Crippen LogP contribution in [0.3, 0.4) is 0 Å². The van der Waals surface area contributed by atoms with E-state index in [2.05, 4.69) is 26.2 Å². The molecule has 142 valence electrons. The first-order chi connectivity index (χ1) is 13.7. The van der Waals surface area contributed by atoms with Crippen molar-refractivity contribution in [3.05, 3.63) is 57.8 Å². The Morgan fingerprint density at radius 3 is 2.93 bits per heavy atom. The average Bonchev–Trinajstić information content (AvgIpc) is 3.23. The zero-order valence-electron chi connectivity index (χ0n) is 15.1. The van der Waals surface area contributed by atoms with Crippen LogP contribution in [0.25, 0.3) is 21.7 Å². The van der Waals surface area contributed by atoms with E-state index in [-0.39, 0.29) is 5.63 Å². The Morgan fingerprint density at radius 1 is 1.29 bits per heavy atom. The predicted molar refractivity (Wildman–Crippen MR) is 110 cm³/mol. The summed E-state index contributed by atoms with van der Waals surface area (Å²) in [5.74, 6) is 2.21. The number of aromatic nitrogens is 3. The van der Waals surface area contributed by atoms with Gasteiger partial charge < -0.3 is 9.15 Å². The van der Waals surface area contributed by atoms with Crippen molar-refractivity contribution >= 4 is 34.1 Å². The van der Waals surface area contributed by atoms with Gasteiger partial charge in [0.2, 0.25) is 0 Å². The van der Waals surface area contributed by atoms with Crippen molar-refractivity contribution in [1.82, 2.24) is 14.8 Å². The number of thiophene rings is 1. The predicted octanol–water partition coefficient (Wildman–Crippen LogP) is 4.75. The van der Waals surface area contributed by atoms with Crippen molar-refractivity contribution in [1.29, 1.82) is 0 Å². The minimum atomic E-state index is -0.362. The molecule has 3 heterocycles. The first-order valence-electron chi connectivity index (χ1n) is 8.95. The van der Waals surface area contributed by atoms with Crippen LogP contribution in [0.15, 0.2) is 56.1 Å². The summed E-state index contributed by atoms with van der Waals surface area (Å²) in [6.45, 7) is 0. The van der Waals surface area contributed by atoms with Crippen LogP contribution in [0.2, 0.25) is 0 Å². The summed E-state index contributed by atoms with van der Waals surface area (Å²) in [6, 6.07) is 11.7. The molecular formula is C20H17N3O3S2. The molecule has 3 aromatic heterocycles. The molecular weight excluding hydrogens is 394 g/mol. The molecule has 0 unspecified atom stereocenters. The summed E-state index contributed by atoms with van der Waals surface area (Å²) in [4.78, 5) is 13.1. The van der Waals surface area contributed by atoms with E-state index in [0.29, 0.717) is 23.1 Å². The SMILES string of the molecule is COc1ccc2c(CSc3nnc(-c4cccs4)n3C3CC3)cc(=O)oc2c1. The number of hydrogen-bond donors (Lipinski definition) is 0. The lowest BCUT2D eigenvalue weighted by atomic mass is 10.1. The standard InChI is InChI=1S/C20H17N3O3S2/c1-25-14-6-7-15-12(9-18(24)26-16(15)10-14)11-28-20-22-21-19(17-3-2-8-27-17)23(20)13-4-5-13/h2-3,6-10,13H,4-5,11H2,1H3. The number of hydrogen-bond acceptors (Lipinski definition) is 7. The highest BCUT2D eigenvalue weighted by Gasteiger charge is 2.30. The first-order valence-corrected chi connectivity index (χ1v) is 10.8. The summed E-state index contributed by atoms with van der Waals surface area (Å²) in [5.41, 5.74) is 1.09. The lowest BCUT2D eigenvalue weighted by Gasteiger charge is -2.09. The maximum atomic E-state index is 12.0. The number of rotatable bonds is 6. The van der Waals surface area contributed by atoms with Crippen LogP contribution >= 0.6 is 23.1 Å². The topological polar surface area (TPSA) is 70.2 Å². The van der Waals surface area contributed by atoms with Crippen LogP contribution in [0, 0.1) is 0 Å². The molecule has 0 saturated heterocycles. The van der Waals surface area contributed by atoms with Gasteiger partial charge in [-0.3, -0.25) is 4.57 Å². The number of thioether (sulfide) groups is 1. The third-order valence-electron chi connectivity index (χ3n) is 4.71. The number of nitrogens with zero attached hydrogens (tertiary/aromatic N) is 3. The molecule has 1 saturated carbocycles. The van der Waals surface area contributed by atoms with E-state index < -0.39 is 0 Å². The maximum absolute atomic E-state index is 12.0. The van der Waals surface area contributed by atoms with E-state index in [9.17, 15) is 4.79 Å². The van der Waals surface area contributed by atoms with E-state index >= 15 is 0 Å². The molecule has 1 aliphatic rings. The number of methoxy groups -OCH3 is 1. The molecule has 0 amide bonds. The van der Waals surface area contributed by atoms with E-state index in [1.807, 2.05) is 18.2 Å². The Kier molecular flexibility index (Phi) is 4.44. The Labute approximate surface area is 169 Å². The second kappa shape index (κ2) is 7.10. The lowest BCUT2D eigenvalue weighted by molar-refractivity contribution is 0.414. The molecule has 0 N–H and O–H groups in total. The van der Waals surface area contributed by atoms with Gasteiger partial charge in [0.1, 0.15) is 11.3 Å². The van der Waals surface area contributed by atoms with Crippen molar-refractivity contribution < 1.29 is 9.15 Å². The van der Waals surface area contributed by atoms with Crippen LogP contribution in [-0.4, -0.2) is 21.9 Å². The molecule has 0 spiro atoms. The molecule has 6 nitrogen and oxygen atoms in total. The van der Waals surface area contributed by atoms with Gasteiger partial charge in [0.05, 0.1) is 12.0 Å². The minimum Gasteiger partial charge on any atom is -0.497 e. The molecule has 8 heteroatoms. The van der Waals surface area contributed by atoms with Gasteiger partial charge in [-0.2, -0.15) is 0 Å². The summed E-state index contributed by atoms with van der Waals surface area (Å²) >= 11 is 3.27. The van der Waals surface area contributed by atoms with Crippen molar-refractivity contribution in [2.45, 2.75) is 29.8 Å². The molecule has 0 aliphatic heterocycles. The summed E-state index contributed by atoms with van der Waals surface area (Å²) in [6.07, 6.45) is 2.31. The van der Waals surface area contributed by atoms with E-state index in [1.165, 1.54) is 0 Å². The minimum absolute atomic E-state index is 0.362. The van der Waals surface area contributed by atoms with Crippen LogP contribution in [0.1, 0.15) is 24.4 Å². The zero-order chi connectivity index (χ0) is 19.1. The largest absolute Gasteiger partial charge is 0.497 e. The van der Waals surface area contributed by atoms with Gasteiger partial charge in [0.15, 0.2) is 11.0 Å². The van der Waals surface area contributed by atoms with Gasteiger partial charge in [-0.25, -0.2) is 4.79 Å². The monoisotopic (exact) mass is 411 g/mol. The van der Waals surface area contributed by atoms with Gasteiger partial charge in [-0.05, 0) is 42.0 Å². The fourth-order valence-corrected chi connectivity index (χ4v) is 4.91. The summed E-state index contributed by atoms with van der Waals surface area (Å²) < 4.78 is 12.8.